The van der Waals surface area contributed by atoms with Gasteiger partial charge in [0.25, 0.3) is 0 Å². The van der Waals surface area contributed by atoms with Crippen molar-refractivity contribution in [3.63, 3.8) is 0 Å². The van der Waals surface area contributed by atoms with E-state index in [1.54, 1.807) is 84.9 Å². The largest absolute Gasteiger partial charge is 0.492 e. The molecule has 0 atom stereocenters. The molecule has 46 heavy (non-hydrogen) atoms. The molecule has 2 N–H and O–H groups in total. The van der Waals surface area contributed by atoms with Crippen molar-refractivity contribution in [3.8, 4) is 5.75 Å². The van der Waals surface area contributed by atoms with Crippen molar-refractivity contribution in [1.82, 2.24) is 4.90 Å². The highest BCUT2D eigenvalue weighted by Gasteiger charge is 2.18. The van der Waals surface area contributed by atoms with Crippen LogP contribution in [-0.2, 0) is 16.0 Å². The Labute approximate surface area is 278 Å². The molecule has 0 bridgehead atoms. The molecule has 0 spiro atoms. The Morgan fingerprint density at radius 2 is 1.43 bits per heavy atom. The van der Waals surface area contributed by atoms with Crippen molar-refractivity contribution in [2.75, 3.05) is 38.7 Å². The van der Waals surface area contributed by atoms with Gasteiger partial charge in [0.15, 0.2) is 5.78 Å². The highest BCUT2D eigenvalue weighted by atomic mass is 35.5. The number of carbonyl (C=O) groups is 3. The number of hydrogen-bond donors (Lipinski definition) is 2. The molecule has 4 aromatic rings. The third kappa shape index (κ3) is 9.81. The first kappa shape index (κ1) is 34.5. The number of ether oxygens (including phenoxy) is 2. The predicted molar refractivity (Wildman–Crippen MR) is 181 cm³/mol. The van der Waals surface area contributed by atoms with E-state index in [1.807, 2.05) is 6.07 Å². The number of methoxy groups -OCH3 is 1. The second kappa shape index (κ2) is 17.4. The Morgan fingerprint density at radius 3 is 2.09 bits per heavy atom. The van der Waals surface area contributed by atoms with Gasteiger partial charge in [0.1, 0.15) is 12.4 Å². The van der Waals surface area contributed by atoms with Gasteiger partial charge in [-0.3, -0.25) is 14.5 Å². The molecule has 1 aliphatic rings. The number of likely N-dealkylation sites (tertiary alicyclic amines) is 1. The summed E-state index contributed by atoms with van der Waals surface area (Å²) in [5.41, 5.74) is 3.04. The fraction of sp³-hybridized carbons (Fsp3) is 0.250. The molecule has 4 aromatic carbocycles. The van der Waals surface area contributed by atoms with E-state index in [9.17, 15) is 14.4 Å². The minimum atomic E-state index is -0.889. The monoisotopic (exact) mass is 662 g/mol. The Kier molecular flexibility index (Phi) is 13.0. The van der Waals surface area contributed by atoms with Crippen molar-refractivity contribution < 1.29 is 29.0 Å². The second-order valence-electron chi connectivity index (χ2n) is 10.6. The Hall–Kier alpha value is -4.37. The van der Waals surface area contributed by atoms with Crippen LogP contribution in [0.1, 0.15) is 51.1 Å². The lowest BCUT2D eigenvalue weighted by molar-refractivity contribution is -0.136. The van der Waals surface area contributed by atoms with Crippen LogP contribution < -0.4 is 10.1 Å². The van der Waals surface area contributed by atoms with Gasteiger partial charge in [-0.15, -0.1) is 0 Å². The highest BCUT2D eigenvalue weighted by Crippen LogP contribution is 2.33. The first-order chi connectivity index (χ1) is 22.3. The summed E-state index contributed by atoms with van der Waals surface area (Å²) in [6.45, 7) is 3.86. The molecule has 1 heterocycles. The maximum atomic E-state index is 12.8. The summed E-state index contributed by atoms with van der Waals surface area (Å²) in [4.78, 5) is 37.9. The normalized spacial score (nSPS) is 12.8. The standard InChI is InChI=1S/C22H25NO4.C14H11Cl2NO2/c1-26-22(25)20-8-4-3-7-19(20)21(24)17-9-11-18(12-10-17)27-16-15-23-13-5-2-6-14-23;15-10-5-3-6-11(16)14(10)17-12-7-2-1-4-9(12)8-13(18)19/h3-4,7-12H,2,5-6,13-16H2,1H3;1-7,17H,8H2,(H,18,19). The van der Waals surface area contributed by atoms with E-state index in [2.05, 4.69) is 10.2 Å². The van der Waals surface area contributed by atoms with Crippen LogP contribution in [0.4, 0.5) is 11.4 Å². The molecule has 0 unspecified atom stereocenters. The lowest BCUT2D eigenvalue weighted by Crippen LogP contribution is -2.33. The third-order valence-electron chi connectivity index (χ3n) is 7.40. The summed E-state index contributed by atoms with van der Waals surface area (Å²) < 4.78 is 10.6. The van der Waals surface area contributed by atoms with Gasteiger partial charge < -0.3 is 19.9 Å². The molecule has 1 fully saturated rings. The fourth-order valence-corrected chi connectivity index (χ4v) is 5.51. The molecule has 10 heteroatoms. The van der Waals surface area contributed by atoms with Crippen LogP contribution in [0.15, 0.2) is 91.0 Å². The molecule has 0 amide bonds. The lowest BCUT2D eigenvalue weighted by atomic mass is 9.98. The lowest BCUT2D eigenvalue weighted by Gasteiger charge is -2.26. The van der Waals surface area contributed by atoms with Crippen LogP contribution in [0.25, 0.3) is 0 Å². The highest BCUT2D eigenvalue weighted by molar-refractivity contribution is 6.39. The van der Waals surface area contributed by atoms with Crippen molar-refractivity contribution in [3.05, 3.63) is 123 Å². The van der Waals surface area contributed by atoms with E-state index in [4.69, 9.17) is 37.8 Å². The number of carbonyl (C=O) groups excluding carboxylic acids is 2. The molecule has 0 radical (unpaired) electrons. The Morgan fingerprint density at radius 1 is 0.804 bits per heavy atom. The number of aliphatic carboxylic acids is 1. The van der Waals surface area contributed by atoms with E-state index in [1.165, 1.54) is 26.4 Å². The van der Waals surface area contributed by atoms with Crippen LogP contribution >= 0.6 is 23.2 Å². The zero-order chi connectivity index (χ0) is 32.9. The maximum Gasteiger partial charge on any atom is 0.338 e. The number of para-hydroxylation sites is 2. The summed E-state index contributed by atoms with van der Waals surface area (Å²) in [6.07, 6.45) is 3.80. The average molecular weight is 664 g/mol. The number of ketones is 1. The SMILES string of the molecule is COC(=O)c1ccccc1C(=O)c1ccc(OCCN2CCCCC2)cc1.O=C(O)Cc1ccccc1Nc1c(Cl)cccc1Cl. The molecule has 0 aliphatic carbocycles. The van der Waals surface area contributed by atoms with Gasteiger partial charge in [-0.25, -0.2) is 4.79 Å². The van der Waals surface area contributed by atoms with Crippen molar-refractivity contribution in [1.29, 1.82) is 0 Å². The van der Waals surface area contributed by atoms with E-state index < -0.39 is 11.9 Å². The van der Waals surface area contributed by atoms with Gasteiger partial charge in [0, 0.05) is 23.4 Å². The summed E-state index contributed by atoms with van der Waals surface area (Å²) in [6, 6.07) is 26.1. The zero-order valence-electron chi connectivity index (χ0n) is 25.5. The van der Waals surface area contributed by atoms with E-state index in [-0.39, 0.29) is 17.8 Å². The number of anilines is 2. The second-order valence-corrected chi connectivity index (χ2v) is 11.4. The van der Waals surface area contributed by atoms with Gasteiger partial charge in [0.2, 0.25) is 0 Å². The summed E-state index contributed by atoms with van der Waals surface area (Å²) in [5, 5.41) is 12.9. The van der Waals surface area contributed by atoms with Gasteiger partial charge >= 0.3 is 11.9 Å². The van der Waals surface area contributed by atoms with E-state index in [0.29, 0.717) is 44.7 Å². The Balaban J connectivity index is 0.000000222. The van der Waals surface area contributed by atoms with Gasteiger partial charge in [-0.1, -0.05) is 72.1 Å². The predicted octanol–water partition coefficient (Wildman–Crippen LogP) is 7.93. The number of halogens is 2. The molecular formula is C36H36Cl2N2O6. The molecule has 0 aromatic heterocycles. The van der Waals surface area contributed by atoms with E-state index >= 15 is 0 Å². The van der Waals surface area contributed by atoms with Crippen LogP contribution in [-0.4, -0.2) is 61.1 Å². The van der Waals surface area contributed by atoms with Crippen molar-refractivity contribution in [2.24, 2.45) is 0 Å². The van der Waals surface area contributed by atoms with Crippen LogP contribution in [0.3, 0.4) is 0 Å². The first-order valence-electron chi connectivity index (χ1n) is 14.9. The van der Waals surface area contributed by atoms with Crippen LogP contribution in [0.5, 0.6) is 5.75 Å². The number of carboxylic acid groups (broad SMARTS) is 1. The first-order valence-corrected chi connectivity index (χ1v) is 15.7. The number of nitrogens with one attached hydrogen (secondary N) is 1. The van der Waals surface area contributed by atoms with Gasteiger partial charge in [0.05, 0.1) is 34.8 Å². The van der Waals surface area contributed by atoms with Gasteiger partial charge in [-0.2, -0.15) is 0 Å². The minimum absolute atomic E-state index is 0.0642. The summed E-state index contributed by atoms with van der Waals surface area (Å²) >= 11 is 12.1. The van der Waals surface area contributed by atoms with Crippen molar-refractivity contribution >= 4 is 52.3 Å². The number of carboxylic acids is 1. The fourth-order valence-electron chi connectivity index (χ4n) is 5.01. The molecule has 8 nitrogen and oxygen atoms in total. The summed E-state index contributed by atoms with van der Waals surface area (Å²) in [7, 11) is 1.31. The van der Waals surface area contributed by atoms with E-state index in [0.717, 1.165) is 25.4 Å². The minimum Gasteiger partial charge on any atom is -0.492 e. The van der Waals surface area contributed by atoms with Crippen LogP contribution in [0.2, 0.25) is 10.0 Å². The zero-order valence-corrected chi connectivity index (χ0v) is 27.0. The molecule has 240 valence electrons. The quantitative estimate of drug-likeness (QED) is 0.123. The number of hydrogen-bond acceptors (Lipinski definition) is 7. The van der Waals surface area contributed by atoms with Crippen molar-refractivity contribution in [2.45, 2.75) is 25.7 Å². The van der Waals surface area contributed by atoms with Gasteiger partial charge in [-0.05, 0) is 80.0 Å². The molecular weight excluding hydrogens is 627 g/mol. The maximum absolute atomic E-state index is 12.8. The average Bonchev–Trinajstić information content (AvgIpc) is 3.07. The number of benzene rings is 4. The summed E-state index contributed by atoms with van der Waals surface area (Å²) in [5.74, 6) is -0.878. The Bertz CT molecular complexity index is 1620. The number of nitrogens with zero attached hydrogens (tertiary/aromatic N) is 1. The topological polar surface area (TPSA) is 105 Å². The molecule has 5 rings (SSSR count). The number of piperidine rings is 1. The number of rotatable bonds is 11. The number of esters is 1. The molecule has 1 aliphatic heterocycles. The molecule has 1 saturated heterocycles. The van der Waals surface area contributed by atoms with Crippen LogP contribution in [0, 0.1) is 0 Å². The third-order valence-corrected chi connectivity index (χ3v) is 8.03. The molecule has 0 saturated carbocycles. The smallest absolute Gasteiger partial charge is 0.338 e.